The lowest BCUT2D eigenvalue weighted by molar-refractivity contribution is -0.122. The molecule has 2 aromatic rings. The lowest BCUT2D eigenvalue weighted by atomic mass is 9.81. The van der Waals surface area contributed by atoms with Crippen molar-refractivity contribution in [2.24, 2.45) is 17.3 Å². The average Bonchev–Trinajstić information content (AvgIpc) is 3.43. The molecule has 0 bridgehead atoms. The molecule has 1 fully saturated rings. The lowest BCUT2D eigenvalue weighted by Crippen LogP contribution is -2.44. The van der Waals surface area contributed by atoms with E-state index in [1.807, 2.05) is 27.7 Å². The fraction of sp³-hybridized carbons (Fsp3) is 0.640. The van der Waals surface area contributed by atoms with Crippen LogP contribution >= 0.6 is 0 Å². The first-order chi connectivity index (χ1) is 17.7. The molecular formula is C25H36F2N6O4S. The number of sulfonamides is 1. The maximum Gasteiger partial charge on any atom is 0.333 e. The van der Waals surface area contributed by atoms with Gasteiger partial charge in [0.15, 0.2) is 0 Å². The second-order valence-electron chi connectivity index (χ2n) is 11.4. The summed E-state index contributed by atoms with van der Waals surface area (Å²) in [5, 5.41) is 16.5. The van der Waals surface area contributed by atoms with E-state index in [1.165, 1.54) is 17.4 Å². The second-order valence-corrected chi connectivity index (χ2v) is 13.2. The van der Waals surface area contributed by atoms with Crippen LogP contribution in [0.1, 0.15) is 52.1 Å². The number of nitrogens with one attached hydrogen (secondary N) is 1. The van der Waals surface area contributed by atoms with Crippen molar-refractivity contribution in [1.29, 1.82) is 0 Å². The minimum Gasteiger partial charge on any atom is -0.392 e. The Morgan fingerprint density at radius 3 is 2.58 bits per heavy atom. The van der Waals surface area contributed by atoms with E-state index >= 15 is 0 Å². The molecule has 2 aliphatic heterocycles. The minimum absolute atomic E-state index is 0.0342. The van der Waals surface area contributed by atoms with Crippen LogP contribution in [0.4, 0.5) is 20.2 Å². The molecule has 2 aliphatic rings. The molecule has 4 rings (SSSR count). The molecule has 0 saturated carbocycles. The van der Waals surface area contributed by atoms with Crippen LogP contribution in [0.15, 0.2) is 23.4 Å². The standard InChI is InChI=1S/C25H36F2N6O4S/c1-15(25(3,4)5)23(35)29-18-9-21-20(28-10-18)8-17(11-31-7-6-19(34)13-31)12-33(21)38(36,37)22-14-32(24(26)27)30-16(22)2/h9-10,14-15,17,19,24,34H,6-8,11-13H2,1-5H3,(H,29,35)/t15-,17-,19-/m1/s1. The van der Waals surface area contributed by atoms with Crippen molar-refractivity contribution in [1.82, 2.24) is 19.7 Å². The normalized spacial score (nSPS) is 21.6. The Balaban J connectivity index is 1.70. The zero-order chi connectivity index (χ0) is 28.0. The number of aliphatic hydroxyl groups excluding tert-OH is 1. The van der Waals surface area contributed by atoms with Crippen LogP contribution in [-0.4, -0.2) is 71.4 Å². The number of aryl methyl sites for hydroxylation is 1. The highest BCUT2D eigenvalue weighted by Gasteiger charge is 2.38. The van der Waals surface area contributed by atoms with Crippen LogP contribution < -0.4 is 9.62 Å². The van der Waals surface area contributed by atoms with Gasteiger partial charge < -0.3 is 15.3 Å². The highest BCUT2D eigenvalue weighted by atomic mass is 32.2. The predicted molar refractivity (Wildman–Crippen MR) is 138 cm³/mol. The number of likely N-dealkylation sites (tertiary alicyclic amines) is 1. The number of anilines is 2. The molecule has 13 heteroatoms. The van der Waals surface area contributed by atoms with E-state index in [0.717, 1.165) is 6.20 Å². The van der Waals surface area contributed by atoms with Gasteiger partial charge in [-0.25, -0.2) is 13.1 Å². The van der Waals surface area contributed by atoms with Gasteiger partial charge in [0, 0.05) is 32.1 Å². The zero-order valence-corrected chi connectivity index (χ0v) is 23.2. The Hall–Kier alpha value is -2.64. The number of carbonyl (C=O) groups excluding carboxylic acids is 1. The molecule has 4 heterocycles. The molecule has 1 amide bonds. The smallest absolute Gasteiger partial charge is 0.333 e. The van der Waals surface area contributed by atoms with E-state index in [9.17, 15) is 27.1 Å². The quantitative estimate of drug-likeness (QED) is 0.540. The molecule has 38 heavy (non-hydrogen) atoms. The van der Waals surface area contributed by atoms with Gasteiger partial charge in [-0.3, -0.25) is 14.1 Å². The maximum atomic E-state index is 13.9. The third-order valence-electron chi connectivity index (χ3n) is 7.49. The van der Waals surface area contributed by atoms with E-state index < -0.39 is 22.7 Å². The van der Waals surface area contributed by atoms with Crippen LogP contribution in [-0.2, 0) is 21.2 Å². The summed E-state index contributed by atoms with van der Waals surface area (Å²) in [6, 6.07) is 1.58. The van der Waals surface area contributed by atoms with Gasteiger partial charge in [-0.2, -0.15) is 13.9 Å². The summed E-state index contributed by atoms with van der Waals surface area (Å²) < 4.78 is 55.9. The molecule has 0 aromatic carbocycles. The number of aliphatic hydroxyl groups is 1. The van der Waals surface area contributed by atoms with Gasteiger partial charge in [-0.1, -0.05) is 27.7 Å². The molecule has 0 aliphatic carbocycles. The van der Waals surface area contributed by atoms with Gasteiger partial charge in [0.2, 0.25) is 5.91 Å². The van der Waals surface area contributed by atoms with Crippen molar-refractivity contribution < 1.29 is 27.1 Å². The summed E-state index contributed by atoms with van der Waals surface area (Å²) in [5.74, 6) is -0.674. The van der Waals surface area contributed by atoms with Gasteiger partial charge in [0.25, 0.3) is 10.0 Å². The number of β-amino-alcohol motifs (C(OH)–C–C–N with tert-alkyl or cyclic N) is 1. The summed E-state index contributed by atoms with van der Waals surface area (Å²) >= 11 is 0. The number of pyridine rings is 1. The first-order valence-corrected chi connectivity index (χ1v) is 14.2. The molecule has 2 N–H and O–H groups in total. The summed E-state index contributed by atoms with van der Waals surface area (Å²) in [6.45, 7) is 7.97. The lowest BCUT2D eigenvalue weighted by Gasteiger charge is -2.36. The summed E-state index contributed by atoms with van der Waals surface area (Å²) in [5.41, 5.74) is 0.873. The van der Waals surface area contributed by atoms with Gasteiger partial charge in [0.1, 0.15) is 4.90 Å². The fourth-order valence-electron chi connectivity index (χ4n) is 4.87. The molecule has 0 unspecified atom stereocenters. The Kier molecular flexibility index (Phi) is 7.84. The van der Waals surface area contributed by atoms with Crippen molar-refractivity contribution in [3.8, 4) is 0 Å². The highest BCUT2D eigenvalue weighted by molar-refractivity contribution is 7.92. The van der Waals surface area contributed by atoms with Gasteiger partial charge in [-0.15, -0.1) is 0 Å². The maximum absolute atomic E-state index is 13.9. The minimum atomic E-state index is -4.28. The highest BCUT2D eigenvalue weighted by Crippen LogP contribution is 2.37. The third kappa shape index (κ3) is 5.84. The van der Waals surface area contributed by atoms with Crippen LogP contribution in [0.5, 0.6) is 0 Å². The number of nitrogens with zero attached hydrogens (tertiary/aromatic N) is 5. The summed E-state index contributed by atoms with van der Waals surface area (Å²) in [6.07, 6.45) is 3.10. The second kappa shape index (κ2) is 10.5. The number of alkyl halides is 2. The van der Waals surface area contributed by atoms with Crippen molar-refractivity contribution in [3.63, 3.8) is 0 Å². The molecular weight excluding hydrogens is 518 g/mol. The van der Waals surface area contributed by atoms with Crippen LogP contribution in [0, 0.1) is 24.2 Å². The number of hydrogen-bond acceptors (Lipinski definition) is 7. The first kappa shape index (κ1) is 28.4. The predicted octanol–water partition coefficient (Wildman–Crippen LogP) is 3.04. The monoisotopic (exact) mass is 554 g/mol. The summed E-state index contributed by atoms with van der Waals surface area (Å²) in [4.78, 5) is 19.1. The van der Waals surface area contributed by atoms with E-state index in [4.69, 9.17) is 0 Å². The van der Waals surface area contributed by atoms with Crippen LogP contribution in [0.2, 0.25) is 0 Å². The molecule has 210 valence electrons. The van der Waals surface area contributed by atoms with E-state index in [0.29, 0.717) is 54.2 Å². The third-order valence-corrected chi connectivity index (χ3v) is 9.37. The largest absolute Gasteiger partial charge is 0.392 e. The first-order valence-electron chi connectivity index (χ1n) is 12.7. The SMILES string of the molecule is Cc1nn(C(F)F)cc1S(=O)(=O)N1C[C@@H](CN2CC[C@@H](O)C2)Cc2ncc(NC(=O)[C@@H](C)C(C)(C)C)cc21. The molecule has 10 nitrogen and oxygen atoms in total. The molecule has 0 radical (unpaired) electrons. The number of hydrogen-bond donors (Lipinski definition) is 2. The van der Waals surface area contributed by atoms with Gasteiger partial charge in [0.05, 0.1) is 41.3 Å². The molecule has 0 spiro atoms. The van der Waals surface area contributed by atoms with Crippen molar-refractivity contribution >= 4 is 27.3 Å². The van der Waals surface area contributed by atoms with Crippen molar-refractivity contribution in [2.75, 3.05) is 35.8 Å². The number of carbonyl (C=O) groups is 1. The van der Waals surface area contributed by atoms with Gasteiger partial charge >= 0.3 is 6.55 Å². The zero-order valence-electron chi connectivity index (χ0n) is 22.4. The Morgan fingerprint density at radius 2 is 2.00 bits per heavy atom. The van der Waals surface area contributed by atoms with Gasteiger partial charge in [-0.05, 0) is 37.2 Å². The molecule has 2 aromatic heterocycles. The average molecular weight is 555 g/mol. The number of fused-ring (bicyclic) bond motifs is 1. The Bertz CT molecular complexity index is 1290. The number of halogens is 2. The Labute approximate surface area is 222 Å². The topological polar surface area (TPSA) is 121 Å². The molecule has 1 saturated heterocycles. The Morgan fingerprint density at radius 1 is 1.29 bits per heavy atom. The number of aromatic nitrogens is 3. The molecule has 3 atom stereocenters. The number of amides is 1. The van der Waals surface area contributed by atoms with E-state index in [1.54, 1.807) is 6.07 Å². The summed E-state index contributed by atoms with van der Waals surface area (Å²) in [7, 11) is -4.28. The fourth-order valence-corrected chi connectivity index (χ4v) is 6.58. The van der Waals surface area contributed by atoms with E-state index in [2.05, 4.69) is 20.3 Å². The van der Waals surface area contributed by atoms with Crippen molar-refractivity contribution in [3.05, 3.63) is 29.8 Å². The van der Waals surface area contributed by atoms with Crippen LogP contribution in [0.3, 0.4) is 0 Å². The van der Waals surface area contributed by atoms with E-state index in [-0.39, 0.29) is 40.3 Å². The number of rotatable bonds is 7. The van der Waals surface area contributed by atoms with Crippen LogP contribution in [0.25, 0.3) is 0 Å². The van der Waals surface area contributed by atoms with Crippen molar-refractivity contribution in [2.45, 2.75) is 65.0 Å².